The van der Waals surface area contributed by atoms with Crippen LogP contribution in [-0.4, -0.2) is 113 Å². The fourth-order valence-electron chi connectivity index (χ4n) is 10.7. The van der Waals surface area contributed by atoms with E-state index in [1.807, 2.05) is 16.7 Å². The number of alkyl halides is 4. The molecule has 0 spiro atoms. The molecule has 6 heterocycles. The third kappa shape index (κ3) is 9.16. The summed E-state index contributed by atoms with van der Waals surface area (Å²) in [5, 5.41) is -0.0283. The standard InChI is InChI=1S/C51H57F6N7O6/c1-28-39(51(55,56)57)36(22-37(40(28)53)61(24-31-10-14-34(66-7)15-11-31)25-32-12-16-35(67-8)17-13-32)42-41(54)43-38-45(60-47(59-43)68-27-50-18-9-19-62(50)26-33(52)23-50)64-21-20-63(48(65)70-49(4,5)6)29(2)44(64)30(3)69-46(38)58-42/h10-17,22,29-30,33,44H,9,18-21,23-27H2,1-8H3/t29?,30?,33-,44?,50+/m1/s1. The van der Waals surface area contributed by atoms with Gasteiger partial charge in [0.05, 0.1) is 43.1 Å². The Kier molecular flexibility index (Phi) is 12.9. The Morgan fingerprint density at radius 2 is 1.54 bits per heavy atom. The SMILES string of the molecule is COc1ccc(CN(Cc2ccc(OC)cc2)c2cc(-c3nc4c5c(nc(OC[C@@]67CCCN6C[C@H](F)C7)nc5c3F)N3CCN(C(=O)OC(C)(C)C)C(C)C3C(C)O4)c(C(F)(F)F)c(C)c2F)cc1. The van der Waals surface area contributed by atoms with Crippen molar-refractivity contribution >= 4 is 28.5 Å². The van der Waals surface area contributed by atoms with Gasteiger partial charge in [0.2, 0.25) is 5.88 Å². The molecule has 0 saturated carbocycles. The molecule has 5 aromatic rings. The molecule has 19 heteroatoms. The number of benzene rings is 3. The van der Waals surface area contributed by atoms with Crippen LogP contribution in [-0.2, 0) is 24.0 Å². The molecule has 5 atom stereocenters. The lowest BCUT2D eigenvalue weighted by atomic mass is 9.95. The van der Waals surface area contributed by atoms with Crippen LogP contribution >= 0.6 is 0 Å². The Hall–Kier alpha value is -6.24. The van der Waals surface area contributed by atoms with Gasteiger partial charge in [-0.05, 0) is 108 Å². The largest absolute Gasteiger partial charge is 0.497 e. The van der Waals surface area contributed by atoms with Gasteiger partial charge in [-0.2, -0.15) is 23.1 Å². The first-order valence-corrected chi connectivity index (χ1v) is 23.5. The van der Waals surface area contributed by atoms with Gasteiger partial charge in [-0.25, -0.2) is 22.9 Å². The van der Waals surface area contributed by atoms with E-state index in [0.717, 1.165) is 19.4 Å². The van der Waals surface area contributed by atoms with Crippen molar-refractivity contribution in [3.8, 4) is 34.6 Å². The fraction of sp³-hybridized carbons (Fsp3) is 0.490. The molecule has 70 heavy (non-hydrogen) atoms. The monoisotopic (exact) mass is 977 g/mol. The van der Waals surface area contributed by atoms with Crippen molar-refractivity contribution in [2.45, 2.75) is 116 Å². The number of piperazine rings is 1. The second-order valence-electron chi connectivity index (χ2n) is 19.7. The molecule has 4 aliphatic heterocycles. The lowest BCUT2D eigenvalue weighted by Crippen LogP contribution is -2.64. The van der Waals surface area contributed by atoms with Crippen molar-refractivity contribution in [1.29, 1.82) is 0 Å². The highest BCUT2D eigenvalue weighted by molar-refractivity contribution is 5.98. The molecular formula is C51H57F6N7O6. The first-order chi connectivity index (χ1) is 33.2. The molecular weight excluding hydrogens is 921 g/mol. The predicted octanol–water partition coefficient (Wildman–Crippen LogP) is 10.1. The molecule has 9 rings (SSSR count). The molecule has 3 saturated heterocycles. The Morgan fingerprint density at radius 3 is 2.14 bits per heavy atom. The lowest BCUT2D eigenvalue weighted by molar-refractivity contribution is -0.137. The maximum atomic E-state index is 18.0. The van der Waals surface area contributed by atoms with Crippen molar-refractivity contribution in [2.24, 2.45) is 0 Å². The zero-order chi connectivity index (χ0) is 50.0. The number of pyridine rings is 1. The summed E-state index contributed by atoms with van der Waals surface area (Å²) in [4.78, 5) is 34.6. The number of aromatic nitrogens is 3. The van der Waals surface area contributed by atoms with Crippen LogP contribution in [0.25, 0.3) is 22.2 Å². The summed E-state index contributed by atoms with van der Waals surface area (Å²) < 4.78 is 126. The molecule has 3 unspecified atom stereocenters. The highest BCUT2D eigenvalue weighted by Gasteiger charge is 2.50. The van der Waals surface area contributed by atoms with Gasteiger partial charge in [0, 0.05) is 44.7 Å². The van der Waals surface area contributed by atoms with Crippen LogP contribution in [0.4, 0.5) is 42.6 Å². The average molecular weight is 978 g/mol. The number of amides is 1. The summed E-state index contributed by atoms with van der Waals surface area (Å²) in [5.41, 5.74) is -4.56. The van der Waals surface area contributed by atoms with E-state index in [-0.39, 0.29) is 74.5 Å². The summed E-state index contributed by atoms with van der Waals surface area (Å²) in [5.74, 6) is -1.43. The van der Waals surface area contributed by atoms with E-state index in [9.17, 15) is 9.18 Å². The number of carbonyl (C=O) groups is 1. The van der Waals surface area contributed by atoms with Crippen LogP contribution in [0.15, 0.2) is 54.6 Å². The van der Waals surface area contributed by atoms with Crippen LogP contribution in [0.2, 0.25) is 0 Å². The number of nitrogens with zero attached hydrogens (tertiary/aromatic N) is 7. The van der Waals surface area contributed by atoms with Crippen molar-refractivity contribution < 1.29 is 54.8 Å². The maximum Gasteiger partial charge on any atom is 0.417 e. The van der Waals surface area contributed by atoms with Crippen LogP contribution in [0, 0.1) is 18.6 Å². The van der Waals surface area contributed by atoms with Crippen LogP contribution in [0.3, 0.4) is 0 Å². The molecule has 4 aliphatic rings. The van der Waals surface area contributed by atoms with Crippen molar-refractivity contribution in [3.63, 3.8) is 0 Å². The van der Waals surface area contributed by atoms with E-state index in [4.69, 9.17) is 28.7 Å². The van der Waals surface area contributed by atoms with Gasteiger partial charge < -0.3 is 38.4 Å². The van der Waals surface area contributed by atoms with Gasteiger partial charge in [0.15, 0.2) is 5.82 Å². The maximum absolute atomic E-state index is 18.0. The Bertz CT molecular complexity index is 2730. The first-order valence-electron chi connectivity index (χ1n) is 23.5. The molecule has 0 radical (unpaired) electrons. The number of hydrogen-bond acceptors (Lipinski definition) is 12. The third-order valence-corrected chi connectivity index (χ3v) is 14.0. The van der Waals surface area contributed by atoms with E-state index in [2.05, 4.69) is 9.97 Å². The topological polar surface area (TPSA) is 115 Å². The summed E-state index contributed by atoms with van der Waals surface area (Å²) in [6.45, 7) is 11.1. The average Bonchev–Trinajstić information content (AvgIpc) is 3.80. The Balaban J connectivity index is 1.22. The second kappa shape index (κ2) is 18.5. The lowest BCUT2D eigenvalue weighted by Gasteiger charge is -2.47. The minimum atomic E-state index is -5.20. The van der Waals surface area contributed by atoms with E-state index in [1.165, 1.54) is 14.2 Å². The fourth-order valence-corrected chi connectivity index (χ4v) is 10.7. The number of ether oxygens (including phenoxy) is 5. The number of hydrogen-bond donors (Lipinski definition) is 0. The second-order valence-corrected chi connectivity index (χ2v) is 19.7. The molecule has 13 nitrogen and oxygen atoms in total. The van der Waals surface area contributed by atoms with Gasteiger partial charge >= 0.3 is 18.3 Å². The van der Waals surface area contributed by atoms with Crippen LogP contribution < -0.4 is 28.7 Å². The van der Waals surface area contributed by atoms with E-state index < -0.39 is 87.3 Å². The number of halogens is 6. The van der Waals surface area contributed by atoms with Gasteiger partial charge in [-0.15, -0.1) is 0 Å². The van der Waals surface area contributed by atoms with Crippen LogP contribution in [0.5, 0.6) is 23.4 Å². The summed E-state index contributed by atoms with van der Waals surface area (Å²) in [6.07, 6.45) is -5.98. The summed E-state index contributed by atoms with van der Waals surface area (Å²) in [7, 11) is 3.03. The van der Waals surface area contributed by atoms with Crippen molar-refractivity contribution in [1.82, 2.24) is 24.8 Å². The Morgan fingerprint density at radius 1 is 0.900 bits per heavy atom. The molecule has 0 N–H and O–H groups in total. The van der Waals surface area contributed by atoms with Crippen molar-refractivity contribution in [3.05, 3.63) is 88.5 Å². The zero-order valence-electron chi connectivity index (χ0n) is 40.4. The highest BCUT2D eigenvalue weighted by Crippen LogP contribution is 2.48. The molecule has 0 aliphatic carbocycles. The highest BCUT2D eigenvalue weighted by atomic mass is 19.4. The third-order valence-electron chi connectivity index (χ3n) is 14.0. The van der Waals surface area contributed by atoms with Gasteiger partial charge in [-0.3, -0.25) is 4.90 Å². The minimum absolute atomic E-state index is 0.0196. The van der Waals surface area contributed by atoms with Gasteiger partial charge in [-0.1, -0.05) is 24.3 Å². The number of methoxy groups -OCH3 is 2. The zero-order valence-corrected chi connectivity index (χ0v) is 40.4. The minimum Gasteiger partial charge on any atom is -0.497 e. The van der Waals surface area contributed by atoms with E-state index in [1.54, 1.807) is 86.0 Å². The van der Waals surface area contributed by atoms with Gasteiger partial charge in [0.25, 0.3) is 0 Å². The predicted molar refractivity (Wildman–Crippen MR) is 250 cm³/mol. The molecule has 1 amide bonds. The normalized spacial score (nSPS) is 22.3. The van der Waals surface area contributed by atoms with Gasteiger partial charge in [0.1, 0.15) is 64.2 Å². The molecule has 3 fully saturated rings. The first kappa shape index (κ1) is 48.8. The Labute approximate surface area is 402 Å². The summed E-state index contributed by atoms with van der Waals surface area (Å²) >= 11 is 0. The number of anilines is 2. The van der Waals surface area contributed by atoms with E-state index in [0.29, 0.717) is 35.6 Å². The number of carbonyl (C=O) groups excluding carboxylic acids is 1. The quantitative estimate of drug-likeness (QED) is 0.117. The molecule has 3 aromatic carbocycles. The smallest absolute Gasteiger partial charge is 0.417 e. The number of fused-ring (bicyclic) bond motifs is 3. The van der Waals surface area contributed by atoms with E-state index >= 15 is 22.0 Å². The van der Waals surface area contributed by atoms with Crippen LogP contribution in [0.1, 0.15) is 76.1 Å². The number of rotatable bonds is 11. The molecule has 374 valence electrons. The molecule has 0 bridgehead atoms. The summed E-state index contributed by atoms with van der Waals surface area (Å²) in [6, 6.07) is 13.3. The van der Waals surface area contributed by atoms with Crippen molar-refractivity contribution in [2.75, 3.05) is 56.8 Å². The molecule has 2 aromatic heterocycles.